The SMILES string of the molecule is Cc1ccc(Cl)cc1CCc1cc(=O)n2[nH]c(-c3ccccc3C)nc2n1. The molecule has 0 aliphatic carbocycles. The second-order valence-corrected chi connectivity index (χ2v) is 7.12. The molecule has 0 saturated carbocycles. The minimum Gasteiger partial charge on any atom is -0.271 e. The van der Waals surface area contributed by atoms with E-state index in [1.54, 1.807) is 6.07 Å². The van der Waals surface area contributed by atoms with Gasteiger partial charge in [0, 0.05) is 16.7 Å². The molecule has 2 aromatic heterocycles. The van der Waals surface area contributed by atoms with E-state index in [9.17, 15) is 4.79 Å². The molecule has 2 heterocycles. The molecule has 0 radical (unpaired) electrons. The molecule has 4 aromatic rings. The van der Waals surface area contributed by atoms with Crippen molar-refractivity contribution < 1.29 is 0 Å². The van der Waals surface area contributed by atoms with E-state index in [4.69, 9.17) is 11.6 Å². The molecule has 0 atom stereocenters. The van der Waals surface area contributed by atoms with Gasteiger partial charge in [-0.25, -0.2) is 4.98 Å². The van der Waals surface area contributed by atoms with Gasteiger partial charge >= 0.3 is 0 Å². The fourth-order valence-corrected chi connectivity index (χ4v) is 3.38. The summed E-state index contributed by atoms with van der Waals surface area (Å²) in [5.74, 6) is 1.03. The summed E-state index contributed by atoms with van der Waals surface area (Å²) >= 11 is 6.09. The van der Waals surface area contributed by atoms with Crippen molar-refractivity contribution in [3.8, 4) is 11.4 Å². The van der Waals surface area contributed by atoms with Crippen LogP contribution in [0.1, 0.15) is 22.4 Å². The summed E-state index contributed by atoms with van der Waals surface area (Å²) < 4.78 is 1.38. The van der Waals surface area contributed by atoms with Gasteiger partial charge in [0.05, 0.1) is 5.69 Å². The first kappa shape index (κ1) is 17.5. The molecule has 0 fully saturated rings. The molecular formula is C21H19ClN4O. The Morgan fingerprint density at radius 2 is 1.81 bits per heavy atom. The fraction of sp³-hybridized carbons (Fsp3) is 0.190. The van der Waals surface area contributed by atoms with Crippen molar-refractivity contribution in [1.29, 1.82) is 0 Å². The van der Waals surface area contributed by atoms with Crippen LogP contribution in [0.4, 0.5) is 0 Å². The largest absolute Gasteiger partial charge is 0.274 e. The van der Waals surface area contributed by atoms with Gasteiger partial charge in [-0.3, -0.25) is 9.89 Å². The minimum atomic E-state index is -0.162. The molecule has 0 bridgehead atoms. The van der Waals surface area contributed by atoms with Gasteiger partial charge in [0.25, 0.3) is 11.3 Å². The number of aromatic nitrogens is 4. The maximum Gasteiger partial charge on any atom is 0.274 e. The van der Waals surface area contributed by atoms with E-state index in [2.05, 4.69) is 22.0 Å². The van der Waals surface area contributed by atoms with Crippen LogP contribution in [0.3, 0.4) is 0 Å². The van der Waals surface area contributed by atoms with Crippen LogP contribution in [0.25, 0.3) is 17.2 Å². The van der Waals surface area contributed by atoms with Gasteiger partial charge in [0.2, 0.25) is 0 Å². The van der Waals surface area contributed by atoms with Crippen molar-refractivity contribution in [3.63, 3.8) is 0 Å². The lowest BCUT2D eigenvalue weighted by Crippen LogP contribution is -2.16. The van der Waals surface area contributed by atoms with Crippen LogP contribution in [-0.4, -0.2) is 19.6 Å². The maximum absolute atomic E-state index is 12.5. The highest BCUT2D eigenvalue weighted by molar-refractivity contribution is 6.30. The predicted molar refractivity (Wildman–Crippen MR) is 107 cm³/mol. The molecule has 6 heteroatoms. The zero-order valence-electron chi connectivity index (χ0n) is 15.2. The number of benzene rings is 2. The average molecular weight is 379 g/mol. The standard InChI is InChI=1S/C21H19ClN4O/c1-13-7-9-16(22)11-15(13)8-10-17-12-19(27)26-21(23-17)24-20(25-26)18-6-4-3-5-14(18)2/h3-7,9,11-12H,8,10H2,1-2H3,(H,23,24,25). The van der Waals surface area contributed by atoms with Crippen molar-refractivity contribution >= 4 is 17.4 Å². The van der Waals surface area contributed by atoms with E-state index in [-0.39, 0.29) is 5.56 Å². The lowest BCUT2D eigenvalue weighted by atomic mass is 10.0. The summed E-state index contributed by atoms with van der Waals surface area (Å²) in [5, 5.41) is 3.77. The molecule has 27 heavy (non-hydrogen) atoms. The van der Waals surface area contributed by atoms with Crippen molar-refractivity contribution in [2.24, 2.45) is 0 Å². The van der Waals surface area contributed by atoms with E-state index in [0.717, 1.165) is 28.8 Å². The van der Waals surface area contributed by atoms with E-state index in [1.807, 2.05) is 49.4 Å². The number of hydrogen-bond acceptors (Lipinski definition) is 3. The Hall–Kier alpha value is -2.92. The van der Waals surface area contributed by atoms with Crippen molar-refractivity contribution in [2.75, 3.05) is 0 Å². The third-order valence-corrected chi connectivity index (χ3v) is 4.98. The lowest BCUT2D eigenvalue weighted by Gasteiger charge is -2.06. The summed E-state index contributed by atoms with van der Waals surface area (Å²) in [6.45, 7) is 4.07. The quantitative estimate of drug-likeness (QED) is 0.580. The summed E-state index contributed by atoms with van der Waals surface area (Å²) in [6, 6.07) is 15.3. The Morgan fingerprint density at radius 1 is 1.00 bits per heavy atom. The fourth-order valence-electron chi connectivity index (χ4n) is 3.19. The van der Waals surface area contributed by atoms with Gasteiger partial charge in [0.1, 0.15) is 0 Å². The summed E-state index contributed by atoms with van der Waals surface area (Å²) in [6.07, 6.45) is 1.42. The summed E-state index contributed by atoms with van der Waals surface area (Å²) in [7, 11) is 0. The molecule has 0 amide bonds. The Morgan fingerprint density at radius 3 is 2.63 bits per heavy atom. The van der Waals surface area contributed by atoms with Crippen LogP contribution in [-0.2, 0) is 12.8 Å². The number of nitrogens with one attached hydrogen (secondary N) is 1. The number of H-pyrrole nitrogens is 1. The monoisotopic (exact) mass is 378 g/mol. The molecule has 0 unspecified atom stereocenters. The van der Waals surface area contributed by atoms with Crippen LogP contribution in [0.15, 0.2) is 53.3 Å². The van der Waals surface area contributed by atoms with Crippen molar-refractivity contribution in [3.05, 3.63) is 86.3 Å². The smallest absolute Gasteiger partial charge is 0.271 e. The number of nitrogens with zero attached hydrogens (tertiary/aromatic N) is 3. The Labute approximate surface area is 161 Å². The third-order valence-electron chi connectivity index (χ3n) is 4.75. The number of fused-ring (bicyclic) bond motifs is 1. The Bertz CT molecular complexity index is 1190. The molecule has 0 aliphatic heterocycles. The molecule has 136 valence electrons. The molecule has 1 N–H and O–H groups in total. The lowest BCUT2D eigenvalue weighted by molar-refractivity contribution is 0.849. The zero-order valence-corrected chi connectivity index (χ0v) is 15.9. The van der Waals surface area contributed by atoms with E-state index in [1.165, 1.54) is 10.1 Å². The van der Waals surface area contributed by atoms with Gasteiger partial charge in [-0.2, -0.15) is 9.50 Å². The third kappa shape index (κ3) is 3.51. The normalized spacial score (nSPS) is 11.2. The first-order chi connectivity index (χ1) is 13.0. The number of rotatable bonds is 4. The molecule has 4 rings (SSSR count). The molecule has 0 aliphatic rings. The van der Waals surface area contributed by atoms with Gasteiger partial charge in [-0.1, -0.05) is 41.9 Å². The number of aryl methyl sites for hydroxylation is 4. The van der Waals surface area contributed by atoms with Gasteiger partial charge in [0.15, 0.2) is 5.82 Å². The van der Waals surface area contributed by atoms with Gasteiger partial charge < -0.3 is 0 Å². The number of hydrogen-bond donors (Lipinski definition) is 1. The molecule has 0 saturated heterocycles. The van der Waals surface area contributed by atoms with Gasteiger partial charge in [-0.05, 0) is 55.5 Å². The number of aromatic amines is 1. The highest BCUT2D eigenvalue weighted by atomic mass is 35.5. The van der Waals surface area contributed by atoms with Gasteiger partial charge in [-0.15, -0.1) is 0 Å². The maximum atomic E-state index is 12.5. The highest BCUT2D eigenvalue weighted by Gasteiger charge is 2.11. The van der Waals surface area contributed by atoms with E-state index in [0.29, 0.717) is 23.0 Å². The van der Waals surface area contributed by atoms with Crippen LogP contribution in [0.5, 0.6) is 0 Å². The second kappa shape index (κ2) is 7.00. The summed E-state index contributed by atoms with van der Waals surface area (Å²) in [4.78, 5) is 21.6. The summed E-state index contributed by atoms with van der Waals surface area (Å²) in [5.41, 5.74) is 4.94. The van der Waals surface area contributed by atoms with Crippen molar-refractivity contribution in [2.45, 2.75) is 26.7 Å². The van der Waals surface area contributed by atoms with Crippen molar-refractivity contribution in [1.82, 2.24) is 19.6 Å². The molecule has 2 aromatic carbocycles. The molecule has 0 spiro atoms. The molecule has 5 nitrogen and oxygen atoms in total. The second-order valence-electron chi connectivity index (χ2n) is 6.68. The van der Waals surface area contributed by atoms with Crippen LogP contribution < -0.4 is 5.56 Å². The Kier molecular flexibility index (Phi) is 4.54. The average Bonchev–Trinajstić information content (AvgIpc) is 3.07. The predicted octanol–water partition coefficient (Wildman–Crippen LogP) is 4.14. The van der Waals surface area contributed by atoms with E-state index < -0.39 is 0 Å². The highest BCUT2D eigenvalue weighted by Crippen LogP contribution is 2.20. The topological polar surface area (TPSA) is 63.0 Å². The Balaban J connectivity index is 1.66. The van der Waals surface area contributed by atoms with Crippen LogP contribution in [0, 0.1) is 13.8 Å². The zero-order chi connectivity index (χ0) is 19.0. The van der Waals surface area contributed by atoms with Crippen LogP contribution in [0.2, 0.25) is 5.02 Å². The first-order valence-electron chi connectivity index (χ1n) is 8.81. The van der Waals surface area contributed by atoms with E-state index >= 15 is 0 Å². The molecular weight excluding hydrogens is 360 g/mol. The first-order valence-corrected chi connectivity index (χ1v) is 9.19. The number of halogens is 1. The minimum absolute atomic E-state index is 0.162. The van der Waals surface area contributed by atoms with Crippen LogP contribution >= 0.6 is 11.6 Å².